The Morgan fingerprint density at radius 1 is 1.37 bits per heavy atom. The van der Waals surface area contributed by atoms with Crippen molar-refractivity contribution in [2.24, 2.45) is 0 Å². The second-order valence-electron chi connectivity index (χ2n) is 4.65. The molecule has 0 amide bonds. The van der Waals surface area contributed by atoms with Crippen molar-refractivity contribution in [3.05, 3.63) is 0 Å². The number of esters is 1. The fraction of sp³-hybridized carbons (Fsp3) is 0.750. The summed E-state index contributed by atoms with van der Waals surface area (Å²) in [5, 5.41) is 8.77. The number of hydrogen-bond acceptors (Lipinski definition) is 6. The summed E-state index contributed by atoms with van der Waals surface area (Å²) in [6.07, 6.45) is 0. The van der Waals surface area contributed by atoms with Crippen LogP contribution < -0.4 is 4.90 Å². The van der Waals surface area contributed by atoms with Crippen molar-refractivity contribution in [3.63, 3.8) is 0 Å². The first-order valence-electron chi connectivity index (χ1n) is 6.34. The van der Waals surface area contributed by atoms with Gasteiger partial charge >= 0.3 is 5.97 Å². The first-order valence-corrected chi connectivity index (χ1v) is 7.21. The lowest BCUT2D eigenvalue weighted by atomic mass is 10.4. The molecule has 0 aromatic carbocycles. The standard InChI is InChI=1S/C12H22N4O2S/c1-7-18-10(17)9(4)19-12-14-13-11(15(5)6)16(12)8(2)3/h8-9H,7H2,1-6H3. The van der Waals surface area contributed by atoms with Gasteiger partial charge in [0.05, 0.1) is 6.61 Å². The third kappa shape index (κ3) is 3.86. The van der Waals surface area contributed by atoms with Gasteiger partial charge in [-0.05, 0) is 27.7 Å². The van der Waals surface area contributed by atoms with E-state index in [2.05, 4.69) is 24.0 Å². The fourth-order valence-corrected chi connectivity index (χ4v) is 2.55. The van der Waals surface area contributed by atoms with Crippen molar-refractivity contribution in [3.8, 4) is 0 Å². The number of nitrogens with zero attached hydrogens (tertiary/aromatic N) is 4. The van der Waals surface area contributed by atoms with Crippen LogP contribution in [0, 0.1) is 0 Å². The number of aromatic nitrogens is 3. The minimum Gasteiger partial charge on any atom is -0.465 e. The van der Waals surface area contributed by atoms with Crippen molar-refractivity contribution >= 4 is 23.7 Å². The number of hydrogen-bond donors (Lipinski definition) is 0. The molecule has 108 valence electrons. The van der Waals surface area contributed by atoms with Crippen LogP contribution >= 0.6 is 11.8 Å². The predicted octanol–water partition coefficient (Wildman–Crippen LogP) is 1.97. The van der Waals surface area contributed by atoms with E-state index in [1.165, 1.54) is 11.8 Å². The molecule has 1 aromatic heterocycles. The highest BCUT2D eigenvalue weighted by atomic mass is 32.2. The van der Waals surface area contributed by atoms with Crippen molar-refractivity contribution in [1.82, 2.24) is 14.8 Å². The van der Waals surface area contributed by atoms with Crippen LogP contribution in [0.5, 0.6) is 0 Å². The molecule has 0 saturated carbocycles. The van der Waals surface area contributed by atoms with Gasteiger partial charge in [-0.15, -0.1) is 10.2 Å². The maximum Gasteiger partial charge on any atom is 0.319 e. The highest BCUT2D eigenvalue weighted by Gasteiger charge is 2.22. The van der Waals surface area contributed by atoms with Crippen molar-refractivity contribution in [2.75, 3.05) is 25.6 Å². The SMILES string of the molecule is CCOC(=O)C(C)Sc1nnc(N(C)C)n1C(C)C. The lowest BCUT2D eigenvalue weighted by Crippen LogP contribution is -2.19. The van der Waals surface area contributed by atoms with Gasteiger partial charge in [0.25, 0.3) is 0 Å². The molecule has 0 radical (unpaired) electrons. The Balaban J connectivity index is 2.92. The molecule has 19 heavy (non-hydrogen) atoms. The van der Waals surface area contributed by atoms with Crippen LogP contribution in [-0.2, 0) is 9.53 Å². The van der Waals surface area contributed by atoms with Gasteiger partial charge in [-0.3, -0.25) is 9.36 Å². The van der Waals surface area contributed by atoms with Gasteiger partial charge in [-0.2, -0.15) is 0 Å². The smallest absolute Gasteiger partial charge is 0.319 e. The monoisotopic (exact) mass is 286 g/mol. The first-order chi connectivity index (χ1) is 8.88. The number of carbonyl (C=O) groups is 1. The van der Waals surface area contributed by atoms with E-state index in [4.69, 9.17) is 4.74 Å². The van der Waals surface area contributed by atoms with Gasteiger partial charge in [0.1, 0.15) is 5.25 Å². The fourth-order valence-electron chi connectivity index (χ4n) is 1.57. The molecule has 0 fully saturated rings. The molecule has 1 rings (SSSR count). The van der Waals surface area contributed by atoms with Crippen LogP contribution in [0.3, 0.4) is 0 Å². The van der Waals surface area contributed by atoms with Crippen molar-refractivity contribution < 1.29 is 9.53 Å². The zero-order valence-corrected chi connectivity index (χ0v) is 13.2. The largest absolute Gasteiger partial charge is 0.465 e. The minimum atomic E-state index is -0.295. The summed E-state index contributed by atoms with van der Waals surface area (Å²) in [4.78, 5) is 13.6. The molecule has 6 nitrogen and oxygen atoms in total. The molecule has 0 N–H and O–H groups in total. The van der Waals surface area contributed by atoms with Crippen LogP contribution in [0.4, 0.5) is 5.95 Å². The molecule has 0 aliphatic heterocycles. The zero-order valence-electron chi connectivity index (χ0n) is 12.4. The second kappa shape index (κ2) is 6.79. The van der Waals surface area contributed by atoms with E-state index in [1.807, 2.05) is 30.5 Å². The molecule has 1 unspecified atom stereocenters. The number of anilines is 1. The number of thioether (sulfide) groups is 1. The summed E-state index contributed by atoms with van der Waals surface area (Å²) in [7, 11) is 3.85. The maximum absolute atomic E-state index is 11.7. The predicted molar refractivity (Wildman–Crippen MR) is 76.7 cm³/mol. The Bertz CT molecular complexity index is 431. The van der Waals surface area contributed by atoms with E-state index in [9.17, 15) is 4.79 Å². The molecule has 1 aromatic rings. The van der Waals surface area contributed by atoms with Crippen LogP contribution in [0.1, 0.15) is 33.7 Å². The van der Waals surface area contributed by atoms with Crippen molar-refractivity contribution in [2.45, 2.75) is 44.1 Å². The van der Waals surface area contributed by atoms with Gasteiger partial charge < -0.3 is 9.64 Å². The summed E-state index contributed by atoms with van der Waals surface area (Å²) in [6, 6.07) is 0.226. The summed E-state index contributed by atoms with van der Waals surface area (Å²) in [5.74, 6) is 0.561. The van der Waals surface area contributed by atoms with Gasteiger partial charge in [-0.1, -0.05) is 11.8 Å². The third-order valence-electron chi connectivity index (χ3n) is 2.46. The van der Waals surface area contributed by atoms with E-state index in [-0.39, 0.29) is 17.3 Å². The molecule has 1 atom stereocenters. The summed E-state index contributed by atoms with van der Waals surface area (Å²) in [5.41, 5.74) is 0. The van der Waals surface area contributed by atoms with E-state index < -0.39 is 0 Å². The molecular formula is C12H22N4O2S. The second-order valence-corrected chi connectivity index (χ2v) is 5.96. The van der Waals surface area contributed by atoms with Gasteiger partial charge in [0.15, 0.2) is 5.16 Å². The van der Waals surface area contributed by atoms with Crippen LogP contribution in [0.2, 0.25) is 0 Å². The normalized spacial score (nSPS) is 12.6. The van der Waals surface area contributed by atoms with Crippen molar-refractivity contribution in [1.29, 1.82) is 0 Å². The Morgan fingerprint density at radius 2 is 2.00 bits per heavy atom. The molecule has 0 saturated heterocycles. The average molecular weight is 286 g/mol. The number of carbonyl (C=O) groups excluding carboxylic acids is 1. The van der Waals surface area contributed by atoms with E-state index in [1.54, 1.807) is 6.92 Å². The molecule has 0 bridgehead atoms. The summed E-state index contributed by atoms with van der Waals surface area (Å²) in [6.45, 7) is 8.14. The van der Waals surface area contributed by atoms with Gasteiger partial charge in [-0.25, -0.2) is 0 Å². The Kier molecular flexibility index (Phi) is 5.65. The molecular weight excluding hydrogens is 264 g/mol. The lowest BCUT2D eigenvalue weighted by molar-refractivity contribution is -0.142. The Labute approximate surface area is 118 Å². The van der Waals surface area contributed by atoms with Crippen LogP contribution in [-0.4, -0.2) is 46.7 Å². The number of rotatable bonds is 6. The molecule has 0 aliphatic carbocycles. The van der Waals surface area contributed by atoms with E-state index in [0.29, 0.717) is 6.61 Å². The topological polar surface area (TPSA) is 60.2 Å². The average Bonchev–Trinajstić information content (AvgIpc) is 2.73. The lowest BCUT2D eigenvalue weighted by Gasteiger charge is -2.18. The Morgan fingerprint density at radius 3 is 2.47 bits per heavy atom. The number of ether oxygens (including phenoxy) is 1. The van der Waals surface area contributed by atoms with E-state index >= 15 is 0 Å². The zero-order chi connectivity index (χ0) is 14.6. The summed E-state index contributed by atoms with van der Waals surface area (Å²) < 4.78 is 7.02. The molecule has 0 spiro atoms. The van der Waals surface area contributed by atoms with Crippen LogP contribution in [0.25, 0.3) is 0 Å². The minimum absolute atomic E-state index is 0.225. The quantitative estimate of drug-likeness (QED) is 0.588. The molecule has 1 heterocycles. The third-order valence-corrected chi connectivity index (χ3v) is 3.50. The molecule has 0 aliphatic rings. The van der Waals surface area contributed by atoms with Crippen LogP contribution in [0.15, 0.2) is 5.16 Å². The highest BCUT2D eigenvalue weighted by molar-refractivity contribution is 8.00. The summed E-state index contributed by atoms with van der Waals surface area (Å²) >= 11 is 1.37. The van der Waals surface area contributed by atoms with Gasteiger partial charge in [0, 0.05) is 20.1 Å². The maximum atomic E-state index is 11.7. The van der Waals surface area contributed by atoms with Gasteiger partial charge in [0.2, 0.25) is 5.95 Å². The molecule has 7 heteroatoms. The van der Waals surface area contributed by atoms with E-state index in [0.717, 1.165) is 11.1 Å². The first kappa shape index (κ1) is 15.8. The highest BCUT2D eigenvalue weighted by Crippen LogP contribution is 2.28. The Hall–Kier alpha value is -1.24.